The van der Waals surface area contributed by atoms with Crippen LogP contribution in [-0.2, 0) is 0 Å². The van der Waals surface area contributed by atoms with E-state index in [4.69, 9.17) is 14.0 Å². The van der Waals surface area contributed by atoms with E-state index in [1.165, 1.54) is 0 Å². The molecule has 198 valence electrons. The monoisotopic (exact) mass is 534 g/mol. The fourth-order valence-corrected chi connectivity index (χ4v) is 4.50. The van der Waals surface area contributed by atoms with Gasteiger partial charge in [0.15, 0.2) is 11.5 Å². The summed E-state index contributed by atoms with van der Waals surface area (Å²) < 4.78 is 16.5. The first-order valence-corrected chi connectivity index (χ1v) is 12.4. The van der Waals surface area contributed by atoms with Crippen molar-refractivity contribution < 1.29 is 18.8 Å². The summed E-state index contributed by atoms with van der Waals surface area (Å²) in [5.74, 6) is 2.15. The molecule has 1 aliphatic rings. The third-order valence-corrected chi connectivity index (χ3v) is 6.49. The van der Waals surface area contributed by atoms with Crippen LogP contribution < -0.4 is 20.1 Å². The van der Waals surface area contributed by atoms with Gasteiger partial charge in [-0.1, -0.05) is 29.4 Å². The number of anilines is 1. The Morgan fingerprint density at radius 2 is 1.84 bits per heavy atom. The van der Waals surface area contributed by atoms with Crippen LogP contribution in [0.15, 0.2) is 65.2 Å². The molecule has 0 aliphatic carbocycles. The zero-order valence-corrected chi connectivity index (χ0v) is 22.4. The molecule has 3 aromatic carbocycles. The van der Waals surface area contributed by atoms with E-state index in [1.54, 1.807) is 26.2 Å². The molecule has 0 spiro atoms. The Hall–Kier alpha value is -3.88. The van der Waals surface area contributed by atoms with E-state index in [-0.39, 0.29) is 18.3 Å². The molecule has 5 rings (SSSR count). The number of nitrogens with one attached hydrogen (secondary N) is 2. The summed E-state index contributed by atoms with van der Waals surface area (Å²) in [5.41, 5.74) is 5.28. The predicted molar refractivity (Wildman–Crippen MR) is 149 cm³/mol. The Kier molecular flexibility index (Phi) is 8.66. The number of ether oxygens (including phenoxy) is 2. The molecule has 2 N–H and O–H groups in total. The summed E-state index contributed by atoms with van der Waals surface area (Å²) in [4.78, 5) is 17.2. The lowest BCUT2D eigenvalue weighted by molar-refractivity contribution is 0.102. The van der Waals surface area contributed by atoms with Crippen molar-refractivity contribution >= 4 is 24.0 Å². The Balaban J connectivity index is 0.00000336. The highest BCUT2D eigenvalue weighted by atomic mass is 35.5. The van der Waals surface area contributed by atoms with Crippen molar-refractivity contribution in [3.8, 4) is 34.0 Å². The van der Waals surface area contributed by atoms with Crippen LogP contribution in [0.3, 0.4) is 0 Å². The van der Waals surface area contributed by atoms with Crippen molar-refractivity contribution in [2.45, 2.75) is 32.7 Å². The lowest BCUT2D eigenvalue weighted by atomic mass is 9.97. The molecule has 0 saturated carbocycles. The van der Waals surface area contributed by atoms with Gasteiger partial charge in [0.1, 0.15) is 6.61 Å². The number of amides is 1. The molecule has 9 heteroatoms. The zero-order chi connectivity index (χ0) is 25.8. The first kappa shape index (κ1) is 27.2. The highest BCUT2D eigenvalue weighted by molar-refractivity contribution is 6.04. The van der Waals surface area contributed by atoms with Gasteiger partial charge in [0.25, 0.3) is 5.91 Å². The smallest absolute Gasteiger partial charge is 0.255 e. The first-order chi connectivity index (χ1) is 18.0. The highest BCUT2D eigenvalue weighted by Crippen LogP contribution is 2.31. The Morgan fingerprint density at radius 1 is 1.05 bits per heavy atom. The standard InChI is InChI=1S/C29H30N4O4.ClH/c1-18-15-22(28-31-19(2)37-33-28)10-12-25(18)20-6-8-21(9-7-20)29(34)32-23-11-13-26(35-3)27(16-23)36-17-24-5-4-14-30-24;/h6-13,15-16,24,30H,4-5,14,17H2,1-3H3,(H,32,34);1H/t24-;/m1./s1. The first-order valence-electron chi connectivity index (χ1n) is 12.4. The van der Waals surface area contributed by atoms with Gasteiger partial charge < -0.3 is 24.6 Å². The van der Waals surface area contributed by atoms with Crippen LogP contribution in [-0.4, -0.2) is 42.4 Å². The summed E-state index contributed by atoms with van der Waals surface area (Å²) >= 11 is 0. The zero-order valence-electron chi connectivity index (χ0n) is 21.6. The van der Waals surface area contributed by atoms with E-state index < -0.39 is 0 Å². The minimum Gasteiger partial charge on any atom is -0.493 e. The summed E-state index contributed by atoms with van der Waals surface area (Å²) in [6.07, 6.45) is 2.25. The Bertz CT molecular complexity index is 1400. The molecule has 0 unspecified atom stereocenters. The number of hydrogen-bond donors (Lipinski definition) is 2. The number of benzene rings is 3. The van der Waals surface area contributed by atoms with Crippen molar-refractivity contribution in [1.82, 2.24) is 15.5 Å². The largest absolute Gasteiger partial charge is 0.493 e. The maximum Gasteiger partial charge on any atom is 0.255 e. The number of halogens is 1. The average molecular weight is 535 g/mol. The highest BCUT2D eigenvalue weighted by Gasteiger charge is 2.17. The molecular weight excluding hydrogens is 504 g/mol. The molecule has 1 saturated heterocycles. The van der Waals surface area contributed by atoms with Crippen molar-refractivity contribution in [3.05, 3.63) is 77.7 Å². The van der Waals surface area contributed by atoms with Gasteiger partial charge >= 0.3 is 0 Å². The van der Waals surface area contributed by atoms with E-state index >= 15 is 0 Å². The van der Waals surface area contributed by atoms with E-state index in [0.717, 1.165) is 41.6 Å². The number of carbonyl (C=O) groups is 1. The normalized spacial score (nSPS) is 14.6. The number of nitrogens with zero attached hydrogens (tertiary/aromatic N) is 2. The third-order valence-electron chi connectivity index (χ3n) is 6.49. The lowest BCUT2D eigenvalue weighted by Crippen LogP contribution is -2.28. The summed E-state index contributed by atoms with van der Waals surface area (Å²) in [6, 6.07) is 19.3. The maximum absolute atomic E-state index is 12.9. The van der Waals surface area contributed by atoms with Crippen molar-refractivity contribution in [2.75, 3.05) is 25.6 Å². The molecule has 2 heterocycles. The fourth-order valence-electron chi connectivity index (χ4n) is 4.50. The third kappa shape index (κ3) is 6.15. The molecule has 1 atom stereocenters. The van der Waals surface area contributed by atoms with E-state index in [2.05, 4.69) is 20.8 Å². The topological polar surface area (TPSA) is 98.5 Å². The molecule has 0 bridgehead atoms. The van der Waals surface area contributed by atoms with Crippen molar-refractivity contribution in [1.29, 1.82) is 0 Å². The number of carbonyl (C=O) groups excluding carboxylic acids is 1. The van der Waals surface area contributed by atoms with Gasteiger partial charge in [-0.25, -0.2) is 0 Å². The molecule has 1 aliphatic heterocycles. The van der Waals surface area contributed by atoms with Gasteiger partial charge in [-0.2, -0.15) is 4.98 Å². The van der Waals surface area contributed by atoms with Crippen LogP contribution in [0.1, 0.15) is 34.7 Å². The van der Waals surface area contributed by atoms with Gasteiger partial charge in [-0.3, -0.25) is 4.79 Å². The van der Waals surface area contributed by atoms with Gasteiger partial charge in [-0.15, -0.1) is 12.4 Å². The van der Waals surface area contributed by atoms with Crippen LogP contribution in [0, 0.1) is 13.8 Å². The summed E-state index contributed by atoms with van der Waals surface area (Å²) in [7, 11) is 1.61. The quantitative estimate of drug-likeness (QED) is 0.293. The van der Waals surface area contributed by atoms with E-state index in [9.17, 15) is 4.79 Å². The summed E-state index contributed by atoms with van der Waals surface area (Å²) in [6.45, 7) is 5.39. The van der Waals surface area contributed by atoms with Gasteiger partial charge in [0.05, 0.1) is 7.11 Å². The molecular formula is C29H31ClN4O4. The Morgan fingerprint density at radius 3 is 2.50 bits per heavy atom. The second-order valence-corrected chi connectivity index (χ2v) is 9.17. The van der Waals surface area contributed by atoms with Crippen LogP contribution in [0.4, 0.5) is 5.69 Å². The van der Waals surface area contributed by atoms with Crippen molar-refractivity contribution in [3.63, 3.8) is 0 Å². The second-order valence-electron chi connectivity index (χ2n) is 9.17. The maximum atomic E-state index is 12.9. The van der Waals surface area contributed by atoms with E-state index in [0.29, 0.717) is 47.1 Å². The number of aryl methyl sites for hydroxylation is 2. The predicted octanol–water partition coefficient (Wildman–Crippen LogP) is 5.83. The SMILES string of the molecule is COc1ccc(NC(=O)c2ccc(-c3ccc(-c4noc(C)n4)cc3C)cc2)cc1OC[C@H]1CCCN1.Cl. The molecule has 0 radical (unpaired) electrons. The molecule has 8 nitrogen and oxygen atoms in total. The van der Waals surface area contributed by atoms with Gasteiger partial charge in [0.2, 0.25) is 11.7 Å². The number of hydrogen-bond acceptors (Lipinski definition) is 7. The Labute approximate surface area is 228 Å². The average Bonchev–Trinajstić information content (AvgIpc) is 3.59. The van der Waals surface area contributed by atoms with Crippen LogP contribution in [0.2, 0.25) is 0 Å². The molecule has 1 fully saturated rings. The molecule has 1 aromatic heterocycles. The van der Waals surface area contributed by atoms with Crippen LogP contribution >= 0.6 is 12.4 Å². The lowest BCUT2D eigenvalue weighted by Gasteiger charge is -2.16. The van der Waals surface area contributed by atoms with E-state index in [1.807, 2.05) is 55.5 Å². The number of methoxy groups -OCH3 is 1. The number of rotatable bonds is 8. The number of aromatic nitrogens is 2. The van der Waals surface area contributed by atoms with Crippen LogP contribution in [0.25, 0.3) is 22.5 Å². The minimum absolute atomic E-state index is 0. The van der Waals surface area contributed by atoms with Crippen molar-refractivity contribution in [2.24, 2.45) is 0 Å². The van der Waals surface area contributed by atoms with Crippen LogP contribution in [0.5, 0.6) is 11.5 Å². The van der Waals surface area contributed by atoms with Gasteiger partial charge in [0, 0.05) is 35.8 Å². The minimum atomic E-state index is -0.195. The molecule has 4 aromatic rings. The molecule has 38 heavy (non-hydrogen) atoms. The summed E-state index contributed by atoms with van der Waals surface area (Å²) in [5, 5.41) is 10.4. The van der Waals surface area contributed by atoms with Gasteiger partial charge in [-0.05, 0) is 73.3 Å². The fraction of sp³-hybridized carbons (Fsp3) is 0.276. The second kappa shape index (κ2) is 12.1. The molecule has 1 amide bonds.